The molecule has 0 aliphatic carbocycles. The van der Waals surface area contributed by atoms with Gasteiger partial charge < -0.3 is 5.32 Å². The number of aromatic amines is 1. The van der Waals surface area contributed by atoms with Gasteiger partial charge in [0.15, 0.2) is 0 Å². The SMILES string of the molecule is [2H]C([2H])([2H])C([2H])([2H])C([2H])([2H])C([2H])([2H])CCNC(=O)n1cc(F)c(=O)[nH]c1=O. The number of carbonyl (C=O) groups excluding carboxylic acids is 1. The number of hydrogen-bond acceptors (Lipinski definition) is 3. The number of halogens is 1. The van der Waals surface area contributed by atoms with Crippen molar-refractivity contribution in [1.29, 1.82) is 0 Å². The van der Waals surface area contributed by atoms with Crippen molar-refractivity contribution in [3.63, 3.8) is 0 Å². The third-order valence-electron chi connectivity index (χ3n) is 1.79. The monoisotopic (exact) mass is 266 g/mol. The van der Waals surface area contributed by atoms with Crippen molar-refractivity contribution in [3.8, 4) is 0 Å². The molecule has 0 aromatic carbocycles. The molecule has 0 saturated carbocycles. The van der Waals surface area contributed by atoms with Crippen LogP contribution in [0, 0.1) is 5.82 Å². The fourth-order valence-electron chi connectivity index (χ4n) is 1.02. The van der Waals surface area contributed by atoms with Gasteiger partial charge in [-0.3, -0.25) is 9.78 Å². The van der Waals surface area contributed by atoms with E-state index in [4.69, 9.17) is 12.3 Å². The molecular weight excluding hydrogens is 241 g/mol. The van der Waals surface area contributed by atoms with Gasteiger partial charge in [0.1, 0.15) is 0 Å². The molecule has 0 aliphatic heterocycles. The van der Waals surface area contributed by atoms with Crippen LogP contribution < -0.4 is 16.6 Å². The molecule has 1 aromatic heterocycles. The molecule has 1 aromatic rings. The second-order valence-corrected chi connectivity index (χ2v) is 3.02. The lowest BCUT2D eigenvalue weighted by Crippen LogP contribution is -2.40. The molecule has 6 nitrogen and oxygen atoms in total. The van der Waals surface area contributed by atoms with E-state index in [9.17, 15) is 18.8 Å². The number of hydrogen-bond donors (Lipinski definition) is 2. The van der Waals surface area contributed by atoms with E-state index in [0.29, 0.717) is 6.20 Å². The second kappa shape index (κ2) is 6.73. The van der Waals surface area contributed by atoms with E-state index in [1.54, 1.807) is 0 Å². The summed E-state index contributed by atoms with van der Waals surface area (Å²) in [6.07, 6.45) is -10.6. The van der Waals surface area contributed by atoms with E-state index in [-0.39, 0.29) is 4.57 Å². The Kier molecular flexibility index (Phi) is 2.17. The van der Waals surface area contributed by atoms with Gasteiger partial charge in [-0.15, -0.1) is 0 Å². The van der Waals surface area contributed by atoms with Crippen LogP contribution >= 0.6 is 0 Å². The zero-order valence-electron chi connectivity index (χ0n) is 18.0. The lowest BCUT2D eigenvalue weighted by atomic mass is 10.2. The first-order chi connectivity index (χ1) is 12.0. The number of nitrogens with one attached hydrogen (secondary N) is 2. The molecule has 0 radical (unpaired) electrons. The van der Waals surface area contributed by atoms with Gasteiger partial charge >= 0.3 is 11.7 Å². The first-order valence-electron chi connectivity index (χ1n) is 9.25. The average Bonchev–Trinajstić information content (AvgIpc) is 2.49. The van der Waals surface area contributed by atoms with Crippen molar-refractivity contribution in [2.45, 2.75) is 32.4 Å². The maximum Gasteiger partial charge on any atom is 0.336 e. The number of H-pyrrole nitrogens is 1. The summed E-state index contributed by atoms with van der Waals surface area (Å²) in [6, 6.07) is -1.26. The highest BCUT2D eigenvalue weighted by Gasteiger charge is 2.09. The molecule has 2 N–H and O–H groups in total. The zero-order chi connectivity index (χ0) is 21.4. The number of aromatic nitrogens is 2. The normalized spacial score (nSPS) is 20.8. The Morgan fingerprint density at radius 2 is 2.39 bits per heavy atom. The van der Waals surface area contributed by atoms with Gasteiger partial charge in [-0.1, -0.05) is 26.0 Å². The van der Waals surface area contributed by atoms with Crippen LogP contribution in [0.25, 0.3) is 0 Å². The largest absolute Gasteiger partial charge is 0.337 e. The van der Waals surface area contributed by atoms with Crippen LogP contribution in [-0.4, -0.2) is 22.1 Å². The highest BCUT2D eigenvalue weighted by atomic mass is 19.1. The van der Waals surface area contributed by atoms with Crippen molar-refractivity contribution in [2.24, 2.45) is 0 Å². The van der Waals surface area contributed by atoms with Crippen molar-refractivity contribution in [2.75, 3.05) is 6.54 Å². The lowest BCUT2D eigenvalue weighted by molar-refractivity contribution is 0.240. The first-order valence-corrected chi connectivity index (χ1v) is 4.75. The summed E-state index contributed by atoms with van der Waals surface area (Å²) in [7, 11) is 0. The number of amides is 1. The van der Waals surface area contributed by atoms with Gasteiger partial charge in [0.25, 0.3) is 5.56 Å². The highest BCUT2D eigenvalue weighted by molar-refractivity contribution is 5.76. The number of rotatable bonds is 5. The summed E-state index contributed by atoms with van der Waals surface area (Å²) < 4.78 is 80.0. The van der Waals surface area contributed by atoms with Gasteiger partial charge in [-0.25, -0.2) is 14.2 Å². The van der Waals surface area contributed by atoms with E-state index in [0.717, 1.165) is 0 Å². The van der Waals surface area contributed by atoms with Gasteiger partial charge in [-0.2, -0.15) is 4.39 Å². The van der Waals surface area contributed by atoms with Crippen molar-refractivity contribution >= 4 is 6.03 Å². The molecule has 0 spiro atoms. The molecular formula is C11H16FN3O3. The molecule has 0 atom stereocenters. The maximum atomic E-state index is 13.1. The molecule has 7 heteroatoms. The van der Waals surface area contributed by atoms with E-state index in [1.165, 1.54) is 4.98 Å². The van der Waals surface area contributed by atoms with Crippen molar-refractivity contribution in [3.05, 3.63) is 32.9 Å². The summed E-state index contributed by atoms with van der Waals surface area (Å²) in [5, 5.41) is 1.97. The molecule has 1 amide bonds. The highest BCUT2D eigenvalue weighted by Crippen LogP contribution is 1.97. The summed E-state index contributed by atoms with van der Waals surface area (Å²) in [5.41, 5.74) is -2.61. The zero-order valence-corrected chi connectivity index (χ0v) is 9.04. The van der Waals surface area contributed by atoms with Crippen LogP contribution in [0.5, 0.6) is 0 Å². The summed E-state index contributed by atoms with van der Waals surface area (Å²) in [5.74, 6) is -1.43. The lowest BCUT2D eigenvalue weighted by Gasteiger charge is -2.06. The molecule has 0 fully saturated rings. The van der Waals surface area contributed by atoms with Gasteiger partial charge in [0.2, 0.25) is 5.82 Å². The number of nitrogens with zero attached hydrogens (tertiary/aromatic N) is 1. The Morgan fingerprint density at radius 3 is 3.11 bits per heavy atom. The predicted molar refractivity (Wildman–Crippen MR) is 64.2 cm³/mol. The van der Waals surface area contributed by atoms with Crippen LogP contribution in [0.2, 0.25) is 0 Å². The van der Waals surface area contributed by atoms with Gasteiger partial charge in [0, 0.05) is 18.9 Å². The van der Waals surface area contributed by atoms with Crippen LogP contribution in [0.15, 0.2) is 15.8 Å². The smallest absolute Gasteiger partial charge is 0.336 e. The Bertz CT molecular complexity index is 831. The third kappa shape index (κ3) is 3.83. The van der Waals surface area contributed by atoms with Crippen LogP contribution in [-0.2, 0) is 0 Å². The maximum absolute atomic E-state index is 13.1. The van der Waals surface area contributed by atoms with E-state index < -0.39 is 62.0 Å². The minimum atomic E-state index is -3.54. The van der Waals surface area contributed by atoms with E-state index >= 15 is 0 Å². The quantitative estimate of drug-likeness (QED) is 0.827. The molecule has 0 unspecified atom stereocenters. The summed E-state index contributed by atoms with van der Waals surface area (Å²) in [4.78, 5) is 35.7. The fraction of sp³-hybridized carbons (Fsp3) is 0.545. The standard InChI is InChI=1S/C11H16FN3O3/c1-2-3-4-5-6-13-10(17)15-7-8(12)9(16)14-11(15)18/h7H,2-6H2,1H3,(H,13,17)(H,14,16,18)/i1D3,2D2,3D2,4D2. The first kappa shape index (κ1) is 5.81. The van der Waals surface area contributed by atoms with E-state index in [2.05, 4.69) is 0 Å². The second-order valence-electron chi connectivity index (χ2n) is 3.02. The summed E-state index contributed by atoms with van der Waals surface area (Å²) in [6.45, 7) is -4.09. The molecule has 0 aliphatic rings. The molecule has 1 rings (SSSR count). The van der Waals surface area contributed by atoms with Crippen LogP contribution in [0.3, 0.4) is 0 Å². The van der Waals surface area contributed by atoms with Crippen LogP contribution in [0.4, 0.5) is 9.18 Å². The molecule has 100 valence electrons. The fourth-order valence-corrected chi connectivity index (χ4v) is 1.02. The minimum absolute atomic E-state index is 0.155. The molecule has 1 heterocycles. The Morgan fingerprint density at radius 1 is 1.61 bits per heavy atom. The number of carbonyl (C=O) groups is 1. The third-order valence-corrected chi connectivity index (χ3v) is 1.79. The van der Waals surface area contributed by atoms with Crippen molar-refractivity contribution in [1.82, 2.24) is 14.9 Å². The Labute approximate surface area is 115 Å². The summed E-state index contributed by atoms with van der Waals surface area (Å²) >= 11 is 0. The average molecular weight is 266 g/mol. The van der Waals surface area contributed by atoms with Gasteiger partial charge in [0.05, 0.1) is 6.20 Å². The molecule has 0 saturated heterocycles. The Hall–Kier alpha value is -1.92. The minimum Gasteiger partial charge on any atom is -0.337 e. The van der Waals surface area contributed by atoms with Crippen LogP contribution in [0.1, 0.15) is 44.7 Å². The van der Waals surface area contributed by atoms with Gasteiger partial charge in [-0.05, 0) is 6.42 Å². The van der Waals surface area contributed by atoms with Crippen molar-refractivity contribution < 1.29 is 21.5 Å². The molecule has 18 heavy (non-hydrogen) atoms. The topological polar surface area (TPSA) is 84.0 Å². The Balaban J connectivity index is 2.91. The predicted octanol–water partition coefficient (Wildman–Crippen LogP) is 0.814. The van der Waals surface area contributed by atoms with E-state index in [1.807, 2.05) is 5.32 Å². The molecule has 0 bridgehead atoms.